The van der Waals surface area contributed by atoms with Gasteiger partial charge in [-0.3, -0.25) is 9.78 Å². The predicted octanol–water partition coefficient (Wildman–Crippen LogP) is 4.04. The van der Waals surface area contributed by atoms with Crippen LogP contribution in [0.3, 0.4) is 0 Å². The maximum absolute atomic E-state index is 12.0. The molecular weight excluding hydrogens is 336 g/mol. The molecule has 0 bridgehead atoms. The van der Waals surface area contributed by atoms with Gasteiger partial charge in [0.25, 0.3) is 5.91 Å². The number of carbonyl (C=O) groups is 1. The van der Waals surface area contributed by atoms with E-state index in [0.29, 0.717) is 11.3 Å². The molecule has 1 amide bonds. The molecular formula is C19H17ClN4O. The summed E-state index contributed by atoms with van der Waals surface area (Å²) in [6.07, 6.45) is 5.65. The lowest BCUT2D eigenvalue weighted by molar-refractivity contribution is 0.102. The van der Waals surface area contributed by atoms with E-state index < -0.39 is 0 Å². The van der Waals surface area contributed by atoms with Crippen molar-refractivity contribution in [3.63, 3.8) is 0 Å². The second-order valence-corrected chi connectivity index (χ2v) is 5.87. The van der Waals surface area contributed by atoms with Gasteiger partial charge in [0.05, 0.1) is 17.4 Å². The lowest BCUT2D eigenvalue weighted by atomic mass is 10.1. The molecule has 3 aromatic rings. The Morgan fingerprint density at radius 1 is 1.04 bits per heavy atom. The Labute approximate surface area is 151 Å². The van der Waals surface area contributed by atoms with Crippen LogP contribution < -0.4 is 10.6 Å². The quantitative estimate of drug-likeness (QED) is 0.702. The summed E-state index contributed by atoms with van der Waals surface area (Å²) in [6, 6.07) is 14.9. The molecule has 0 spiro atoms. The van der Waals surface area contributed by atoms with Crippen molar-refractivity contribution in [2.24, 2.45) is 0 Å². The van der Waals surface area contributed by atoms with E-state index in [0.717, 1.165) is 23.8 Å². The molecule has 2 N–H and O–H groups in total. The number of hydrogen-bond donors (Lipinski definition) is 2. The van der Waals surface area contributed by atoms with Gasteiger partial charge in [-0.05, 0) is 48.4 Å². The van der Waals surface area contributed by atoms with E-state index in [4.69, 9.17) is 11.6 Å². The van der Waals surface area contributed by atoms with Crippen molar-refractivity contribution in [2.45, 2.75) is 6.42 Å². The summed E-state index contributed by atoms with van der Waals surface area (Å²) in [4.78, 5) is 20.3. The van der Waals surface area contributed by atoms with Gasteiger partial charge in [-0.15, -0.1) is 0 Å². The average molecular weight is 353 g/mol. The molecule has 25 heavy (non-hydrogen) atoms. The molecule has 0 aliphatic heterocycles. The van der Waals surface area contributed by atoms with E-state index in [-0.39, 0.29) is 5.91 Å². The van der Waals surface area contributed by atoms with Crippen LogP contribution in [0.1, 0.15) is 15.9 Å². The summed E-state index contributed by atoms with van der Waals surface area (Å²) >= 11 is 5.87. The Morgan fingerprint density at radius 2 is 1.88 bits per heavy atom. The Morgan fingerprint density at radius 3 is 2.56 bits per heavy atom. The maximum atomic E-state index is 12.0. The van der Waals surface area contributed by atoms with E-state index in [1.165, 1.54) is 11.8 Å². The third-order valence-corrected chi connectivity index (χ3v) is 3.83. The second-order valence-electron chi connectivity index (χ2n) is 5.43. The molecule has 2 heterocycles. The lowest BCUT2D eigenvalue weighted by Gasteiger charge is -2.08. The molecule has 0 radical (unpaired) electrons. The number of carbonyl (C=O) groups excluding carboxylic acids is 1. The van der Waals surface area contributed by atoms with Crippen molar-refractivity contribution >= 4 is 29.0 Å². The topological polar surface area (TPSA) is 66.9 Å². The van der Waals surface area contributed by atoms with Crippen molar-refractivity contribution < 1.29 is 4.79 Å². The molecule has 0 atom stereocenters. The van der Waals surface area contributed by atoms with Gasteiger partial charge in [0.1, 0.15) is 5.82 Å². The number of halogens is 1. The molecule has 0 aliphatic rings. The zero-order valence-corrected chi connectivity index (χ0v) is 14.2. The molecule has 3 rings (SSSR count). The van der Waals surface area contributed by atoms with E-state index in [2.05, 4.69) is 20.6 Å². The van der Waals surface area contributed by atoms with Crippen molar-refractivity contribution in [1.82, 2.24) is 9.97 Å². The number of benzene rings is 1. The van der Waals surface area contributed by atoms with E-state index in [1.807, 2.05) is 36.4 Å². The van der Waals surface area contributed by atoms with Crippen LogP contribution in [-0.2, 0) is 6.42 Å². The fourth-order valence-corrected chi connectivity index (χ4v) is 2.38. The average Bonchev–Trinajstić information content (AvgIpc) is 2.65. The summed E-state index contributed by atoms with van der Waals surface area (Å²) in [5, 5.41) is 6.78. The molecule has 0 saturated heterocycles. The lowest BCUT2D eigenvalue weighted by Crippen LogP contribution is -2.12. The zero-order chi connectivity index (χ0) is 17.5. The number of nitrogens with zero attached hydrogens (tertiary/aromatic N) is 2. The Kier molecular flexibility index (Phi) is 5.59. The largest absolute Gasteiger partial charge is 0.370 e. The molecule has 0 saturated carbocycles. The molecule has 126 valence electrons. The Hall–Kier alpha value is -2.92. The van der Waals surface area contributed by atoms with Crippen molar-refractivity contribution in [3.8, 4) is 0 Å². The number of hydrogen-bond acceptors (Lipinski definition) is 4. The fraction of sp³-hybridized carbons (Fsp3) is 0.105. The SMILES string of the molecule is O=C(Nc1ccc(NCCc2ccc(Cl)cc2)nc1)c1cccnc1. The molecule has 0 fully saturated rings. The van der Waals surface area contributed by atoms with Crippen LogP contribution in [0.2, 0.25) is 5.02 Å². The minimum absolute atomic E-state index is 0.210. The third-order valence-electron chi connectivity index (χ3n) is 3.58. The standard InChI is InChI=1S/C19H17ClN4O/c20-16-5-3-14(4-6-16)9-11-22-18-8-7-17(13-23-18)24-19(25)15-2-1-10-21-12-15/h1-8,10,12-13H,9,11H2,(H,22,23)(H,24,25). The Bertz CT molecular complexity index is 820. The summed E-state index contributed by atoms with van der Waals surface area (Å²) in [5.41, 5.74) is 2.35. The smallest absolute Gasteiger partial charge is 0.257 e. The van der Waals surface area contributed by atoms with Gasteiger partial charge in [0.15, 0.2) is 0 Å². The first kappa shape index (κ1) is 16.9. The predicted molar refractivity (Wildman–Crippen MR) is 100 cm³/mol. The molecule has 0 unspecified atom stereocenters. The van der Waals surface area contributed by atoms with E-state index in [9.17, 15) is 4.79 Å². The summed E-state index contributed by atoms with van der Waals surface area (Å²) in [7, 11) is 0. The van der Waals surface area contributed by atoms with Crippen LogP contribution in [0.5, 0.6) is 0 Å². The fourth-order valence-electron chi connectivity index (χ4n) is 2.26. The minimum atomic E-state index is -0.210. The van der Waals surface area contributed by atoms with Gasteiger partial charge in [-0.1, -0.05) is 23.7 Å². The highest BCUT2D eigenvalue weighted by Crippen LogP contribution is 2.12. The van der Waals surface area contributed by atoms with Crippen molar-refractivity contribution in [1.29, 1.82) is 0 Å². The van der Waals surface area contributed by atoms with Crippen LogP contribution >= 0.6 is 11.6 Å². The molecule has 6 heteroatoms. The summed E-state index contributed by atoms with van der Waals surface area (Å²) in [6.45, 7) is 0.760. The highest BCUT2D eigenvalue weighted by Gasteiger charge is 2.05. The van der Waals surface area contributed by atoms with Crippen LogP contribution in [0.25, 0.3) is 0 Å². The van der Waals surface area contributed by atoms with Gasteiger partial charge in [-0.2, -0.15) is 0 Å². The molecule has 5 nitrogen and oxygen atoms in total. The van der Waals surface area contributed by atoms with Gasteiger partial charge in [0.2, 0.25) is 0 Å². The summed E-state index contributed by atoms with van der Waals surface area (Å²) < 4.78 is 0. The second kappa shape index (κ2) is 8.26. The number of pyridine rings is 2. The van der Waals surface area contributed by atoms with E-state index in [1.54, 1.807) is 24.5 Å². The highest BCUT2D eigenvalue weighted by atomic mass is 35.5. The van der Waals surface area contributed by atoms with Gasteiger partial charge in [0, 0.05) is 24.0 Å². The first-order valence-electron chi connectivity index (χ1n) is 7.86. The van der Waals surface area contributed by atoms with Gasteiger partial charge in [-0.25, -0.2) is 4.98 Å². The molecule has 1 aromatic carbocycles. The highest BCUT2D eigenvalue weighted by molar-refractivity contribution is 6.30. The Balaban J connectivity index is 1.50. The van der Waals surface area contributed by atoms with Crippen LogP contribution in [0.15, 0.2) is 67.1 Å². The van der Waals surface area contributed by atoms with Crippen LogP contribution in [0.4, 0.5) is 11.5 Å². The van der Waals surface area contributed by atoms with Crippen LogP contribution in [-0.4, -0.2) is 22.4 Å². The number of aromatic nitrogens is 2. The van der Waals surface area contributed by atoms with Crippen molar-refractivity contribution in [3.05, 3.63) is 83.3 Å². The van der Waals surface area contributed by atoms with Crippen LogP contribution in [0, 0.1) is 0 Å². The van der Waals surface area contributed by atoms with Gasteiger partial charge >= 0.3 is 0 Å². The monoisotopic (exact) mass is 352 g/mol. The number of amides is 1. The molecule has 0 aliphatic carbocycles. The minimum Gasteiger partial charge on any atom is -0.370 e. The zero-order valence-electron chi connectivity index (χ0n) is 13.4. The number of rotatable bonds is 6. The van der Waals surface area contributed by atoms with Crippen molar-refractivity contribution in [2.75, 3.05) is 17.2 Å². The third kappa shape index (κ3) is 5.02. The number of nitrogens with one attached hydrogen (secondary N) is 2. The number of anilines is 2. The molecule has 2 aromatic heterocycles. The van der Waals surface area contributed by atoms with E-state index >= 15 is 0 Å². The first-order chi connectivity index (χ1) is 12.2. The maximum Gasteiger partial charge on any atom is 0.257 e. The normalized spacial score (nSPS) is 10.3. The summed E-state index contributed by atoms with van der Waals surface area (Å²) in [5.74, 6) is 0.548. The van der Waals surface area contributed by atoms with Gasteiger partial charge < -0.3 is 10.6 Å². The first-order valence-corrected chi connectivity index (χ1v) is 8.24.